The van der Waals surface area contributed by atoms with Crippen molar-refractivity contribution in [3.8, 4) is 23.0 Å². The molecule has 0 aliphatic heterocycles. The number of fused-ring (bicyclic) bond motifs is 4. The number of hydrogen-bond donors (Lipinski definition) is 0. The Morgan fingerprint density at radius 2 is 1.58 bits per heavy atom. The summed E-state index contributed by atoms with van der Waals surface area (Å²) in [5.41, 5.74) is -4.90. The fraction of sp³-hybridized carbons (Fsp3) is 0.415. The van der Waals surface area contributed by atoms with E-state index in [0.29, 0.717) is 10.7 Å². The molecule has 3 aromatic heterocycles. The number of halogens is 11. The fourth-order valence-electron chi connectivity index (χ4n) is 7.97. The van der Waals surface area contributed by atoms with Gasteiger partial charge in [-0.05, 0) is 74.4 Å². The lowest BCUT2D eigenvalue weighted by Gasteiger charge is -2.22. The number of alkyl halides is 8. The van der Waals surface area contributed by atoms with Gasteiger partial charge in [0.15, 0.2) is 31.2 Å². The molecule has 2 aliphatic rings. The number of pyridine rings is 1. The maximum atomic E-state index is 15.5. The SMILES string of the molecule is CC(C)(C#Cc1ccc(-c2ccc(Cl)c3c(CS(C)(=O)=O)nn(CC(F)(F)F)c23)c(C(CC(=O)Cn2nc(C(F)(F)F)c3c2C(F)(F)C2CC32)Cc2cc(F)cc(F)c2)n1)S(C)(=O)=O. The molecule has 1 fully saturated rings. The van der Waals surface area contributed by atoms with Gasteiger partial charge in [0.25, 0.3) is 5.92 Å². The number of benzene rings is 2. The van der Waals surface area contributed by atoms with Crippen LogP contribution in [0.2, 0.25) is 5.02 Å². The van der Waals surface area contributed by atoms with E-state index in [1.165, 1.54) is 38.1 Å². The largest absolute Gasteiger partial charge is 0.435 e. The summed E-state index contributed by atoms with van der Waals surface area (Å²) in [7, 11) is -7.78. The molecule has 0 spiro atoms. The van der Waals surface area contributed by atoms with E-state index in [0.717, 1.165) is 24.6 Å². The Labute approximate surface area is 363 Å². The second-order valence-corrected chi connectivity index (χ2v) is 21.6. The molecular formula is C41H34ClF10N5O5S2. The normalized spacial score (nSPS) is 17.8. The van der Waals surface area contributed by atoms with E-state index in [1.807, 2.05) is 0 Å². The van der Waals surface area contributed by atoms with Gasteiger partial charge in [0.2, 0.25) is 0 Å². The molecule has 3 heterocycles. The van der Waals surface area contributed by atoms with Gasteiger partial charge in [0.1, 0.15) is 40.9 Å². The topological polar surface area (TPSA) is 134 Å². The molecule has 3 atom stereocenters. The summed E-state index contributed by atoms with van der Waals surface area (Å²) in [6.45, 7) is -0.335. The molecule has 5 aromatic rings. The third kappa shape index (κ3) is 9.38. The van der Waals surface area contributed by atoms with Crippen molar-refractivity contribution < 1.29 is 65.5 Å². The summed E-state index contributed by atoms with van der Waals surface area (Å²) >= 11 is 6.51. The first-order chi connectivity index (χ1) is 29.3. The predicted octanol–water partition coefficient (Wildman–Crippen LogP) is 8.72. The van der Waals surface area contributed by atoms with Gasteiger partial charge in [-0.15, -0.1) is 0 Å². The second kappa shape index (κ2) is 15.9. The van der Waals surface area contributed by atoms with Gasteiger partial charge in [0.05, 0.1) is 27.7 Å². The van der Waals surface area contributed by atoms with Crippen molar-refractivity contribution in [2.24, 2.45) is 5.92 Å². The van der Waals surface area contributed by atoms with E-state index < -0.39 is 127 Å². The highest BCUT2D eigenvalue weighted by Gasteiger charge is 2.68. The van der Waals surface area contributed by atoms with Gasteiger partial charge < -0.3 is 0 Å². The fourth-order valence-corrected chi connectivity index (χ4v) is 9.17. The molecule has 64 heavy (non-hydrogen) atoms. The van der Waals surface area contributed by atoms with Crippen LogP contribution in [0.3, 0.4) is 0 Å². The molecule has 23 heteroatoms. The van der Waals surface area contributed by atoms with E-state index in [9.17, 15) is 56.8 Å². The summed E-state index contributed by atoms with van der Waals surface area (Å²) in [4.78, 5) is 18.7. The standard InChI is InChI=1S/C41H34ClF10N5O5S2/c1-38(2,64(4,61)62)10-9-24-5-6-26(27-7-8-30(42)33-31(18-63(3,59)60)54-57(35(27)33)19-39(45,46)47)34(53-24)21(11-20-12-22(43)15-23(44)13-20)14-25(58)17-56-37-32(36(55-56)41(50,51)52)28-16-29(28)40(37,48)49/h5-8,12-13,15,21,28-29H,11,14,16-19H2,1-4H3. The van der Waals surface area contributed by atoms with Crippen LogP contribution in [0, 0.1) is 29.4 Å². The van der Waals surface area contributed by atoms with Crippen LogP contribution in [0.25, 0.3) is 22.0 Å². The van der Waals surface area contributed by atoms with Crippen LogP contribution >= 0.6 is 11.6 Å². The first-order valence-electron chi connectivity index (χ1n) is 19.0. The Bertz CT molecular complexity index is 3020. The molecule has 3 unspecified atom stereocenters. The summed E-state index contributed by atoms with van der Waals surface area (Å²) in [6, 6.07) is 7.29. The molecule has 2 aromatic carbocycles. The Kier molecular flexibility index (Phi) is 11.6. The molecule has 10 nitrogen and oxygen atoms in total. The highest BCUT2D eigenvalue weighted by atomic mass is 35.5. The lowest BCUT2D eigenvalue weighted by atomic mass is 9.86. The van der Waals surface area contributed by atoms with Gasteiger partial charge in [-0.25, -0.2) is 30.6 Å². The average Bonchev–Trinajstić information content (AvgIpc) is 3.66. The first kappa shape index (κ1) is 47.0. The highest BCUT2D eigenvalue weighted by molar-refractivity contribution is 7.92. The molecule has 0 saturated heterocycles. The summed E-state index contributed by atoms with van der Waals surface area (Å²) < 4.78 is 194. The van der Waals surface area contributed by atoms with E-state index in [1.54, 1.807) is 0 Å². The van der Waals surface area contributed by atoms with Crippen molar-refractivity contribution in [2.75, 3.05) is 12.5 Å². The maximum absolute atomic E-state index is 15.5. The lowest BCUT2D eigenvalue weighted by Crippen LogP contribution is -2.28. The zero-order chi connectivity index (χ0) is 47.3. The third-order valence-corrected chi connectivity index (χ3v) is 14.1. The second-order valence-electron chi connectivity index (χ2n) is 16.5. The quantitative estimate of drug-likeness (QED) is 0.0896. The molecule has 2 aliphatic carbocycles. The number of ketones is 1. The van der Waals surface area contributed by atoms with Gasteiger partial charge in [0, 0.05) is 58.9 Å². The summed E-state index contributed by atoms with van der Waals surface area (Å²) in [5, 5.41) is 6.95. The van der Waals surface area contributed by atoms with Crippen LogP contribution in [-0.2, 0) is 61.8 Å². The van der Waals surface area contributed by atoms with Crippen LogP contribution in [0.5, 0.6) is 0 Å². The van der Waals surface area contributed by atoms with E-state index in [2.05, 4.69) is 27.0 Å². The number of carbonyl (C=O) groups excluding carboxylic acids is 1. The number of carbonyl (C=O) groups is 1. The molecule has 0 bridgehead atoms. The zero-order valence-corrected chi connectivity index (χ0v) is 36.2. The van der Waals surface area contributed by atoms with Crippen molar-refractivity contribution in [1.29, 1.82) is 0 Å². The number of sulfone groups is 2. The van der Waals surface area contributed by atoms with Crippen molar-refractivity contribution in [1.82, 2.24) is 24.5 Å². The van der Waals surface area contributed by atoms with E-state index >= 15 is 8.78 Å². The monoisotopic (exact) mass is 965 g/mol. The predicted molar refractivity (Wildman–Crippen MR) is 213 cm³/mol. The molecule has 0 N–H and O–H groups in total. The number of Topliss-reactive ketones (excluding diaryl/α,β-unsaturated/α-hetero) is 1. The minimum Gasteiger partial charge on any atom is -0.298 e. The third-order valence-electron chi connectivity index (χ3n) is 11.1. The summed E-state index contributed by atoms with van der Waals surface area (Å²) in [5.74, 6) is -6.61. The Morgan fingerprint density at radius 1 is 0.938 bits per heavy atom. The Hall–Kier alpha value is -5.01. The van der Waals surface area contributed by atoms with E-state index in [4.69, 9.17) is 11.6 Å². The lowest BCUT2D eigenvalue weighted by molar-refractivity contribution is -0.143. The molecule has 0 radical (unpaired) electrons. The van der Waals surface area contributed by atoms with Gasteiger partial charge >= 0.3 is 12.4 Å². The van der Waals surface area contributed by atoms with Crippen molar-refractivity contribution >= 4 is 48.0 Å². The smallest absolute Gasteiger partial charge is 0.298 e. The molecule has 1 saturated carbocycles. The van der Waals surface area contributed by atoms with E-state index in [-0.39, 0.29) is 60.8 Å². The van der Waals surface area contributed by atoms with Gasteiger partial charge in [-0.3, -0.25) is 14.2 Å². The highest BCUT2D eigenvalue weighted by Crippen LogP contribution is 2.68. The van der Waals surface area contributed by atoms with Crippen LogP contribution in [-0.4, -0.2) is 70.6 Å². The van der Waals surface area contributed by atoms with Crippen LogP contribution in [0.15, 0.2) is 42.5 Å². The number of rotatable bonds is 12. The number of hydrogen-bond acceptors (Lipinski definition) is 8. The summed E-state index contributed by atoms with van der Waals surface area (Å²) in [6.07, 6.45) is -9.94. The molecular weight excluding hydrogens is 932 g/mol. The first-order valence-corrected chi connectivity index (χ1v) is 23.4. The van der Waals surface area contributed by atoms with Crippen LogP contribution < -0.4 is 0 Å². The minimum absolute atomic E-state index is 0.107. The minimum atomic E-state index is -5.16. The van der Waals surface area contributed by atoms with Crippen LogP contribution in [0.4, 0.5) is 43.9 Å². The Balaban J connectivity index is 1.45. The average molecular weight is 966 g/mol. The van der Waals surface area contributed by atoms with Crippen molar-refractivity contribution in [3.63, 3.8) is 0 Å². The Morgan fingerprint density at radius 3 is 2.17 bits per heavy atom. The van der Waals surface area contributed by atoms with Crippen molar-refractivity contribution in [2.45, 2.75) is 86.8 Å². The van der Waals surface area contributed by atoms with Gasteiger partial charge in [-0.1, -0.05) is 23.6 Å². The zero-order valence-electron chi connectivity index (χ0n) is 33.8. The molecule has 0 amide bonds. The molecule has 7 rings (SSSR count). The number of nitrogens with zero attached hydrogens (tertiary/aromatic N) is 5. The van der Waals surface area contributed by atoms with Crippen molar-refractivity contribution in [3.05, 3.63) is 98.7 Å². The van der Waals surface area contributed by atoms with Crippen LogP contribution in [0.1, 0.15) is 78.1 Å². The maximum Gasteiger partial charge on any atom is 0.435 e. The number of aromatic nitrogens is 5. The molecule has 342 valence electrons. The van der Waals surface area contributed by atoms with Gasteiger partial charge in [-0.2, -0.15) is 45.3 Å².